The van der Waals surface area contributed by atoms with E-state index in [0.29, 0.717) is 30.7 Å². The van der Waals surface area contributed by atoms with Gasteiger partial charge in [0, 0.05) is 25.3 Å². The van der Waals surface area contributed by atoms with E-state index >= 15 is 0 Å². The predicted molar refractivity (Wildman–Crippen MR) is 98.1 cm³/mol. The van der Waals surface area contributed by atoms with Gasteiger partial charge in [-0.05, 0) is 55.5 Å². The first kappa shape index (κ1) is 18.9. The zero-order valence-corrected chi connectivity index (χ0v) is 15.5. The summed E-state index contributed by atoms with van der Waals surface area (Å²) >= 11 is 0. The third-order valence-corrected chi connectivity index (χ3v) is 5.03. The van der Waals surface area contributed by atoms with Gasteiger partial charge in [-0.2, -0.15) is 0 Å². The molecule has 1 aliphatic rings. The molecule has 1 aliphatic heterocycles. The molecule has 1 heterocycles. The van der Waals surface area contributed by atoms with Crippen LogP contribution in [-0.4, -0.2) is 43.6 Å². The third-order valence-electron chi connectivity index (χ3n) is 5.03. The van der Waals surface area contributed by atoms with Crippen LogP contribution in [0.5, 0.6) is 0 Å². The summed E-state index contributed by atoms with van der Waals surface area (Å²) < 4.78 is 5.14. The smallest absolute Gasteiger partial charge is 0.251 e. The second kappa shape index (κ2) is 9.19. The minimum Gasteiger partial charge on any atom is -0.380 e. The molecule has 1 saturated heterocycles. The molecule has 0 radical (unpaired) electrons. The molecule has 4 heteroatoms. The number of rotatable bonds is 7. The largest absolute Gasteiger partial charge is 0.380 e. The Morgan fingerprint density at radius 2 is 2.04 bits per heavy atom. The zero-order chi connectivity index (χ0) is 17.5. The van der Waals surface area contributed by atoms with E-state index in [0.717, 1.165) is 24.6 Å². The normalized spacial score (nSPS) is 17.9. The second-order valence-corrected chi connectivity index (χ2v) is 7.37. The highest BCUT2D eigenvalue weighted by molar-refractivity contribution is 5.94. The SMILES string of the molecule is COCc1cccc(C(=O)NC[C@H](C(C)C)N2CCC(C)CC2)c1. The van der Waals surface area contributed by atoms with Crippen LogP contribution in [0.15, 0.2) is 24.3 Å². The van der Waals surface area contributed by atoms with Crippen molar-refractivity contribution in [2.75, 3.05) is 26.7 Å². The molecule has 4 nitrogen and oxygen atoms in total. The average Bonchev–Trinajstić information content (AvgIpc) is 2.57. The lowest BCUT2D eigenvalue weighted by atomic mass is 9.94. The molecule has 1 aromatic carbocycles. The van der Waals surface area contributed by atoms with Crippen molar-refractivity contribution in [1.29, 1.82) is 0 Å². The van der Waals surface area contributed by atoms with Crippen LogP contribution in [-0.2, 0) is 11.3 Å². The van der Waals surface area contributed by atoms with E-state index in [1.807, 2.05) is 24.3 Å². The molecule has 24 heavy (non-hydrogen) atoms. The summed E-state index contributed by atoms with van der Waals surface area (Å²) in [4.78, 5) is 15.0. The number of carbonyl (C=O) groups excluding carboxylic acids is 1. The van der Waals surface area contributed by atoms with Gasteiger partial charge in [0.25, 0.3) is 5.91 Å². The Balaban J connectivity index is 1.93. The maximum absolute atomic E-state index is 12.5. The molecule has 0 spiro atoms. The minimum absolute atomic E-state index is 0.00369. The summed E-state index contributed by atoms with van der Waals surface area (Å²) in [5.74, 6) is 1.36. The summed E-state index contributed by atoms with van der Waals surface area (Å²) in [6, 6.07) is 8.07. The lowest BCUT2D eigenvalue weighted by Gasteiger charge is -2.38. The number of likely N-dealkylation sites (tertiary alicyclic amines) is 1. The number of piperidine rings is 1. The summed E-state index contributed by atoms with van der Waals surface area (Å²) in [6.45, 7) is 10.3. The van der Waals surface area contributed by atoms with Crippen LogP contribution in [0.3, 0.4) is 0 Å². The fourth-order valence-corrected chi connectivity index (χ4v) is 3.41. The van der Waals surface area contributed by atoms with Gasteiger partial charge < -0.3 is 10.1 Å². The number of ether oxygens (including phenoxy) is 1. The third kappa shape index (κ3) is 5.32. The van der Waals surface area contributed by atoms with Crippen LogP contribution in [0.25, 0.3) is 0 Å². The number of methoxy groups -OCH3 is 1. The molecule has 0 unspecified atom stereocenters. The molecule has 0 aromatic heterocycles. The van der Waals surface area contributed by atoms with Crippen molar-refractivity contribution < 1.29 is 9.53 Å². The van der Waals surface area contributed by atoms with Crippen molar-refractivity contribution in [3.63, 3.8) is 0 Å². The maximum atomic E-state index is 12.5. The van der Waals surface area contributed by atoms with Gasteiger partial charge >= 0.3 is 0 Å². The van der Waals surface area contributed by atoms with Crippen molar-refractivity contribution in [2.24, 2.45) is 11.8 Å². The molecule has 0 bridgehead atoms. The van der Waals surface area contributed by atoms with E-state index < -0.39 is 0 Å². The Morgan fingerprint density at radius 1 is 1.33 bits per heavy atom. The average molecular weight is 332 g/mol. The highest BCUT2D eigenvalue weighted by Crippen LogP contribution is 2.21. The molecule has 2 rings (SSSR count). The van der Waals surface area contributed by atoms with Crippen molar-refractivity contribution in [3.05, 3.63) is 35.4 Å². The van der Waals surface area contributed by atoms with Gasteiger partial charge in [0.15, 0.2) is 0 Å². The molecule has 134 valence electrons. The summed E-state index contributed by atoms with van der Waals surface area (Å²) in [5, 5.41) is 3.14. The van der Waals surface area contributed by atoms with E-state index in [2.05, 4.69) is 31.0 Å². The molecule has 1 atom stereocenters. The van der Waals surface area contributed by atoms with Crippen LogP contribution in [0.1, 0.15) is 49.5 Å². The number of nitrogens with zero attached hydrogens (tertiary/aromatic N) is 1. The lowest BCUT2D eigenvalue weighted by Crippen LogP contribution is -2.49. The van der Waals surface area contributed by atoms with Gasteiger partial charge in [0.05, 0.1) is 6.61 Å². The fourth-order valence-electron chi connectivity index (χ4n) is 3.41. The predicted octanol–water partition coefficient (Wildman–Crippen LogP) is 3.32. The molecule has 0 saturated carbocycles. The van der Waals surface area contributed by atoms with E-state index in [-0.39, 0.29) is 5.91 Å². The molecular formula is C20H32N2O2. The van der Waals surface area contributed by atoms with Crippen molar-refractivity contribution >= 4 is 5.91 Å². The van der Waals surface area contributed by atoms with Gasteiger partial charge in [-0.3, -0.25) is 9.69 Å². The molecular weight excluding hydrogens is 300 g/mol. The second-order valence-electron chi connectivity index (χ2n) is 7.37. The van der Waals surface area contributed by atoms with Gasteiger partial charge in [0.1, 0.15) is 0 Å². The highest BCUT2D eigenvalue weighted by Gasteiger charge is 2.26. The topological polar surface area (TPSA) is 41.6 Å². The molecule has 1 aromatic rings. The van der Waals surface area contributed by atoms with E-state index in [1.165, 1.54) is 12.8 Å². The Bertz CT molecular complexity index is 522. The van der Waals surface area contributed by atoms with E-state index in [4.69, 9.17) is 4.74 Å². The lowest BCUT2D eigenvalue weighted by molar-refractivity contribution is 0.0862. The number of carbonyl (C=O) groups is 1. The van der Waals surface area contributed by atoms with Gasteiger partial charge in [-0.15, -0.1) is 0 Å². The van der Waals surface area contributed by atoms with Gasteiger partial charge in [-0.25, -0.2) is 0 Å². The van der Waals surface area contributed by atoms with Crippen LogP contribution in [0.2, 0.25) is 0 Å². The Labute approximate surface area is 146 Å². The fraction of sp³-hybridized carbons (Fsp3) is 0.650. The maximum Gasteiger partial charge on any atom is 0.251 e. The summed E-state index contributed by atoms with van der Waals surface area (Å²) in [7, 11) is 1.67. The van der Waals surface area contributed by atoms with Crippen molar-refractivity contribution in [1.82, 2.24) is 10.2 Å². The Kier molecular flexibility index (Phi) is 7.25. The summed E-state index contributed by atoms with van der Waals surface area (Å²) in [6.07, 6.45) is 2.52. The zero-order valence-electron chi connectivity index (χ0n) is 15.5. The summed E-state index contributed by atoms with van der Waals surface area (Å²) in [5.41, 5.74) is 1.73. The van der Waals surface area contributed by atoms with Crippen molar-refractivity contribution in [2.45, 2.75) is 46.3 Å². The first-order valence-electron chi connectivity index (χ1n) is 9.11. The number of hydrogen-bond acceptors (Lipinski definition) is 3. The Hall–Kier alpha value is -1.39. The van der Waals surface area contributed by atoms with Crippen LogP contribution < -0.4 is 5.32 Å². The highest BCUT2D eigenvalue weighted by atomic mass is 16.5. The molecule has 0 aliphatic carbocycles. The first-order chi connectivity index (χ1) is 11.5. The van der Waals surface area contributed by atoms with E-state index in [9.17, 15) is 4.79 Å². The first-order valence-corrected chi connectivity index (χ1v) is 9.11. The monoisotopic (exact) mass is 332 g/mol. The number of benzene rings is 1. The number of hydrogen-bond donors (Lipinski definition) is 1. The standard InChI is InChI=1S/C20H32N2O2/c1-15(2)19(22-10-8-16(3)9-11-22)13-21-20(23)18-7-5-6-17(12-18)14-24-4/h5-7,12,15-16,19H,8-11,13-14H2,1-4H3,(H,21,23)/t19-/m1/s1. The molecule has 1 fully saturated rings. The van der Waals surface area contributed by atoms with Crippen LogP contribution in [0.4, 0.5) is 0 Å². The van der Waals surface area contributed by atoms with Crippen molar-refractivity contribution in [3.8, 4) is 0 Å². The van der Waals surface area contributed by atoms with Gasteiger partial charge in [0.2, 0.25) is 0 Å². The Morgan fingerprint density at radius 3 is 2.67 bits per heavy atom. The van der Waals surface area contributed by atoms with Gasteiger partial charge in [-0.1, -0.05) is 32.9 Å². The number of nitrogens with one attached hydrogen (secondary N) is 1. The molecule has 1 N–H and O–H groups in total. The minimum atomic E-state index is 0.00369. The van der Waals surface area contributed by atoms with E-state index in [1.54, 1.807) is 7.11 Å². The quantitative estimate of drug-likeness (QED) is 0.833. The van der Waals surface area contributed by atoms with Crippen LogP contribution >= 0.6 is 0 Å². The van der Waals surface area contributed by atoms with Crippen LogP contribution in [0, 0.1) is 11.8 Å². The number of amides is 1. The molecule has 1 amide bonds.